The molecule has 0 radical (unpaired) electrons. The number of aryl methyl sites for hydroxylation is 1. The Balaban J connectivity index is 1.64. The number of methoxy groups -OCH3 is 2. The Morgan fingerprint density at radius 1 is 1.00 bits per heavy atom. The lowest BCUT2D eigenvalue weighted by Gasteiger charge is -2.09. The second-order valence-electron chi connectivity index (χ2n) is 6.83. The van der Waals surface area contributed by atoms with E-state index in [1.807, 2.05) is 30.5 Å². The van der Waals surface area contributed by atoms with Crippen molar-refractivity contribution in [1.82, 2.24) is 15.0 Å². The molecule has 0 aliphatic carbocycles. The van der Waals surface area contributed by atoms with E-state index < -0.39 is 0 Å². The van der Waals surface area contributed by atoms with Crippen LogP contribution in [0, 0.1) is 6.92 Å². The van der Waals surface area contributed by atoms with E-state index in [1.165, 1.54) is 12.7 Å². The number of aromatic nitrogens is 3. The highest BCUT2D eigenvalue weighted by Gasteiger charge is 2.11. The van der Waals surface area contributed by atoms with Gasteiger partial charge in [-0.15, -0.1) is 0 Å². The van der Waals surface area contributed by atoms with Gasteiger partial charge < -0.3 is 14.5 Å². The molecule has 29 heavy (non-hydrogen) atoms. The molecule has 4 rings (SSSR count). The summed E-state index contributed by atoms with van der Waals surface area (Å²) in [5, 5.41) is 0.458. The summed E-state index contributed by atoms with van der Waals surface area (Å²) >= 11 is 0. The molecule has 2 heterocycles. The lowest BCUT2D eigenvalue weighted by atomic mass is 10.1. The van der Waals surface area contributed by atoms with Gasteiger partial charge >= 0.3 is 0 Å². The van der Waals surface area contributed by atoms with Crippen molar-refractivity contribution >= 4 is 10.9 Å². The molecule has 0 bridgehead atoms. The van der Waals surface area contributed by atoms with E-state index in [-0.39, 0.29) is 5.56 Å². The van der Waals surface area contributed by atoms with Gasteiger partial charge in [0, 0.05) is 24.2 Å². The molecule has 2 aromatic heterocycles. The summed E-state index contributed by atoms with van der Waals surface area (Å²) < 4.78 is 10.6. The molecule has 2 aromatic carbocycles. The molecule has 4 aromatic rings. The van der Waals surface area contributed by atoms with Gasteiger partial charge in [-0.25, -0.2) is 4.98 Å². The molecule has 0 fully saturated rings. The monoisotopic (exact) mass is 387 g/mol. The van der Waals surface area contributed by atoms with Crippen LogP contribution in [0.5, 0.6) is 11.5 Å². The number of aromatic amines is 1. The van der Waals surface area contributed by atoms with Gasteiger partial charge in [-0.05, 0) is 30.7 Å². The van der Waals surface area contributed by atoms with Crippen LogP contribution >= 0.6 is 0 Å². The van der Waals surface area contributed by atoms with Crippen LogP contribution in [0.2, 0.25) is 0 Å². The maximum absolute atomic E-state index is 12.5. The highest BCUT2D eigenvalue weighted by atomic mass is 16.5. The van der Waals surface area contributed by atoms with Crippen LogP contribution in [-0.4, -0.2) is 29.2 Å². The van der Waals surface area contributed by atoms with Crippen molar-refractivity contribution < 1.29 is 9.47 Å². The van der Waals surface area contributed by atoms with E-state index in [1.54, 1.807) is 19.2 Å². The third-order valence-electron chi connectivity index (χ3n) is 4.77. The quantitative estimate of drug-likeness (QED) is 0.562. The summed E-state index contributed by atoms with van der Waals surface area (Å²) in [6.45, 7) is 2.06. The first-order valence-corrected chi connectivity index (χ1v) is 9.24. The second kappa shape index (κ2) is 7.75. The van der Waals surface area contributed by atoms with E-state index in [9.17, 15) is 4.79 Å². The molecular formula is C23H21N3O3. The molecule has 0 aliphatic heterocycles. The summed E-state index contributed by atoms with van der Waals surface area (Å²) in [6, 6.07) is 15.6. The summed E-state index contributed by atoms with van der Waals surface area (Å²) in [5.74, 6) is 1.60. The van der Waals surface area contributed by atoms with Gasteiger partial charge in [0.1, 0.15) is 5.82 Å². The maximum Gasteiger partial charge on any atom is 0.258 e. The van der Waals surface area contributed by atoms with Crippen molar-refractivity contribution in [1.29, 1.82) is 0 Å². The zero-order chi connectivity index (χ0) is 20.4. The van der Waals surface area contributed by atoms with E-state index in [2.05, 4.69) is 34.0 Å². The number of nitrogens with one attached hydrogen (secondary N) is 1. The number of fused-ring (bicyclic) bond motifs is 1. The lowest BCUT2D eigenvalue weighted by molar-refractivity contribution is 0.355. The van der Waals surface area contributed by atoms with Gasteiger partial charge in [-0.1, -0.05) is 29.8 Å². The summed E-state index contributed by atoms with van der Waals surface area (Å²) in [6.07, 6.45) is 2.29. The largest absolute Gasteiger partial charge is 0.493 e. The first-order chi connectivity index (χ1) is 14.1. The second-order valence-corrected chi connectivity index (χ2v) is 6.83. The van der Waals surface area contributed by atoms with Gasteiger partial charge in [0.25, 0.3) is 5.56 Å². The van der Waals surface area contributed by atoms with Crippen molar-refractivity contribution in [2.24, 2.45) is 0 Å². The number of nitrogens with zero attached hydrogens (tertiary/aromatic N) is 2. The minimum absolute atomic E-state index is 0.213. The number of H-pyrrole nitrogens is 1. The van der Waals surface area contributed by atoms with Crippen molar-refractivity contribution in [3.8, 4) is 22.8 Å². The fourth-order valence-electron chi connectivity index (χ4n) is 3.30. The van der Waals surface area contributed by atoms with Crippen LogP contribution < -0.4 is 15.0 Å². The zero-order valence-electron chi connectivity index (χ0n) is 16.5. The average molecular weight is 387 g/mol. The standard InChI is InChI=1S/C23H21N3O3/c1-14-5-4-6-16(9-14)18-8-7-15(13-24-18)10-22-25-19-12-21(29-3)20(28-2)11-17(19)23(27)26-22/h4-9,11-13H,10H2,1-3H3,(H,25,26,27). The normalized spacial score (nSPS) is 10.9. The smallest absolute Gasteiger partial charge is 0.258 e. The Morgan fingerprint density at radius 2 is 1.79 bits per heavy atom. The van der Waals surface area contributed by atoms with Crippen LogP contribution in [0.25, 0.3) is 22.2 Å². The van der Waals surface area contributed by atoms with Crippen molar-refractivity contribution in [2.45, 2.75) is 13.3 Å². The Bertz CT molecular complexity index is 1230. The number of ether oxygens (including phenoxy) is 2. The molecule has 0 unspecified atom stereocenters. The van der Waals surface area contributed by atoms with Crippen molar-refractivity contribution in [3.05, 3.63) is 82.0 Å². The lowest BCUT2D eigenvalue weighted by Crippen LogP contribution is -2.12. The average Bonchev–Trinajstić information content (AvgIpc) is 2.73. The number of pyridine rings is 1. The fourth-order valence-corrected chi connectivity index (χ4v) is 3.30. The van der Waals surface area contributed by atoms with E-state index in [4.69, 9.17) is 9.47 Å². The minimum Gasteiger partial charge on any atom is -0.493 e. The Labute approximate surface area is 168 Å². The molecule has 0 aliphatic rings. The molecule has 6 heteroatoms. The van der Waals surface area contributed by atoms with E-state index in [0.717, 1.165) is 16.8 Å². The third-order valence-corrected chi connectivity index (χ3v) is 4.77. The van der Waals surface area contributed by atoms with Crippen LogP contribution in [0.4, 0.5) is 0 Å². The highest BCUT2D eigenvalue weighted by Crippen LogP contribution is 2.30. The van der Waals surface area contributed by atoms with Crippen LogP contribution in [0.15, 0.2) is 59.5 Å². The molecule has 1 N–H and O–H groups in total. The molecule has 0 amide bonds. The first kappa shape index (κ1) is 18.7. The van der Waals surface area contributed by atoms with Crippen LogP contribution in [0.3, 0.4) is 0 Å². The van der Waals surface area contributed by atoms with Gasteiger partial charge in [0.2, 0.25) is 0 Å². The number of rotatable bonds is 5. The highest BCUT2D eigenvalue weighted by molar-refractivity contribution is 5.81. The summed E-state index contributed by atoms with van der Waals surface area (Å²) in [5.41, 5.74) is 4.49. The van der Waals surface area contributed by atoms with Gasteiger partial charge in [-0.3, -0.25) is 9.78 Å². The topological polar surface area (TPSA) is 77.1 Å². The summed E-state index contributed by atoms with van der Waals surface area (Å²) in [4.78, 5) is 24.5. The molecular weight excluding hydrogens is 366 g/mol. The molecule has 0 spiro atoms. The van der Waals surface area contributed by atoms with Crippen molar-refractivity contribution in [3.63, 3.8) is 0 Å². The van der Waals surface area contributed by atoms with Crippen molar-refractivity contribution in [2.75, 3.05) is 14.2 Å². The third kappa shape index (κ3) is 3.82. The Kier molecular flexibility index (Phi) is 4.99. The SMILES string of the molecule is COc1cc2nc(Cc3ccc(-c4cccc(C)c4)nc3)[nH]c(=O)c2cc1OC. The number of hydrogen-bond acceptors (Lipinski definition) is 5. The van der Waals surface area contributed by atoms with E-state index in [0.29, 0.717) is 34.6 Å². The molecule has 0 saturated heterocycles. The first-order valence-electron chi connectivity index (χ1n) is 9.24. The van der Waals surface area contributed by atoms with E-state index >= 15 is 0 Å². The Hall–Kier alpha value is -3.67. The predicted molar refractivity (Wildman–Crippen MR) is 113 cm³/mol. The maximum atomic E-state index is 12.5. The van der Waals surface area contributed by atoms with Crippen LogP contribution in [-0.2, 0) is 6.42 Å². The fraction of sp³-hybridized carbons (Fsp3) is 0.174. The molecule has 6 nitrogen and oxygen atoms in total. The Morgan fingerprint density at radius 3 is 2.48 bits per heavy atom. The minimum atomic E-state index is -0.213. The summed E-state index contributed by atoms with van der Waals surface area (Å²) in [7, 11) is 3.09. The predicted octanol–water partition coefficient (Wildman–Crippen LogP) is 3.90. The zero-order valence-corrected chi connectivity index (χ0v) is 16.5. The number of benzene rings is 2. The van der Waals surface area contributed by atoms with Gasteiger partial charge in [0.05, 0.1) is 30.8 Å². The van der Waals surface area contributed by atoms with Gasteiger partial charge in [0.15, 0.2) is 11.5 Å². The molecule has 146 valence electrons. The molecule has 0 atom stereocenters. The van der Waals surface area contributed by atoms with Gasteiger partial charge in [-0.2, -0.15) is 0 Å². The molecule has 0 saturated carbocycles. The number of hydrogen-bond donors (Lipinski definition) is 1. The van der Waals surface area contributed by atoms with Crippen LogP contribution in [0.1, 0.15) is 17.0 Å².